The summed E-state index contributed by atoms with van der Waals surface area (Å²) in [6.07, 6.45) is 2.59. The van der Waals surface area contributed by atoms with E-state index in [0.29, 0.717) is 0 Å². The molecule has 1 fully saturated rings. The van der Waals surface area contributed by atoms with Crippen molar-refractivity contribution < 1.29 is 0 Å². The van der Waals surface area contributed by atoms with Gasteiger partial charge in [-0.15, -0.1) is 0 Å². The lowest BCUT2D eigenvalue weighted by Gasteiger charge is -2.25. The summed E-state index contributed by atoms with van der Waals surface area (Å²) in [5.74, 6) is 0.817. The minimum absolute atomic E-state index is 0.817. The van der Waals surface area contributed by atoms with Gasteiger partial charge >= 0.3 is 0 Å². The van der Waals surface area contributed by atoms with Crippen molar-refractivity contribution in [2.24, 2.45) is 5.92 Å². The topological polar surface area (TPSA) is 27.3 Å². The van der Waals surface area contributed by atoms with E-state index in [1.54, 1.807) is 0 Å². The van der Waals surface area contributed by atoms with Crippen LogP contribution in [0.5, 0.6) is 0 Å². The highest BCUT2D eigenvalue weighted by atomic mass is 15.1. The minimum atomic E-state index is 0.817. The van der Waals surface area contributed by atoms with Gasteiger partial charge in [0.1, 0.15) is 0 Å². The second-order valence-corrected chi connectivity index (χ2v) is 5.69. The first-order chi connectivity index (χ1) is 9.83. The van der Waals surface area contributed by atoms with Crippen molar-refractivity contribution >= 4 is 5.69 Å². The standard InChI is InChI=1S/C17H29N3/c1-3-20(4-2)14-16-7-5-6-8-17(16)19-13-15-9-11-18-12-10-15/h5-8,15,18-19H,3-4,9-14H2,1-2H3. The van der Waals surface area contributed by atoms with E-state index in [4.69, 9.17) is 0 Å². The van der Waals surface area contributed by atoms with Gasteiger partial charge in [-0.3, -0.25) is 4.90 Å². The molecule has 2 N–H and O–H groups in total. The summed E-state index contributed by atoms with van der Waals surface area (Å²) in [6, 6.07) is 8.76. The number of benzene rings is 1. The predicted octanol–water partition coefficient (Wildman–Crippen LogP) is 2.94. The predicted molar refractivity (Wildman–Crippen MR) is 87.2 cm³/mol. The summed E-state index contributed by atoms with van der Waals surface area (Å²) in [5, 5.41) is 7.11. The van der Waals surface area contributed by atoms with E-state index in [1.165, 1.54) is 37.2 Å². The number of rotatable bonds is 7. The Hall–Kier alpha value is -1.06. The minimum Gasteiger partial charge on any atom is -0.385 e. The molecule has 0 aliphatic carbocycles. The van der Waals surface area contributed by atoms with Crippen LogP contribution < -0.4 is 10.6 Å². The number of para-hydroxylation sites is 1. The van der Waals surface area contributed by atoms with Crippen LogP contribution in [0.15, 0.2) is 24.3 Å². The molecule has 3 heteroatoms. The van der Waals surface area contributed by atoms with Crippen molar-refractivity contribution in [1.29, 1.82) is 0 Å². The molecule has 0 aromatic heterocycles. The fraction of sp³-hybridized carbons (Fsp3) is 0.647. The van der Waals surface area contributed by atoms with Gasteiger partial charge in [0, 0.05) is 18.8 Å². The van der Waals surface area contributed by atoms with Crippen molar-refractivity contribution in [1.82, 2.24) is 10.2 Å². The Labute approximate surface area is 123 Å². The number of hydrogen-bond donors (Lipinski definition) is 2. The molecule has 0 unspecified atom stereocenters. The molecule has 20 heavy (non-hydrogen) atoms. The van der Waals surface area contributed by atoms with Crippen LogP contribution in [0.4, 0.5) is 5.69 Å². The lowest BCUT2D eigenvalue weighted by molar-refractivity contribution is 0.296. The Morgan fingerprint density at radius 3 is 2.55 bits per heavy atom. The molecule has 0 saturated carbocycles. The fourth-order valence-corrected chi connectivity index (χ4v) is 2.86. The monoisotopic (exact) mass is 275 g/mol. The molecule has 1 heterocycles. The highest BCUT2D eigenvalue weighted by Crippen LogP contribution is 2.19. The highest BCUT2D eigenvalue weighted by molar-refractivity contribution is 5.51. The maximum absolute atomic E-state index is 3.68. The molecule has 1 aromatic rings. The van der Waals surface area contributed by atoms with Crippen molar-refractivity contribution in [3.63, 3.8) is 0 Å². The highest BCUT2D eigenvalue weighted by Gasteiger charge is 2.13. The molecular weight excluding hydrogens is 246 g/mol. The zero-order valence-electron chi connectivity index (χ0n) is 13.0. The summed E-state index contributed by atoms with van der Waals surface area (Å²) in [6.45, 7) is 11.2. The second kappa shape index (κ2) is 8.28. The van der Waals surface area contributed by atoms with E-state index < -0.39 is 0 Å². The molecule has 1 aliphatic rings. The first-order valence-corrected chi connectivity index (χ1v) is 8.08. The third-order valence-corrected chi connectivity index (χ3v) is 4.35. The summed E-state index contributed by atoms with van der Waals surface area (Å²) in [4.78, 5) is 2.46. The molecule has 3 nitrogen and oxygen atoms in total. The van der Waals surface area contributed by atoms with E-state index in [2.05, 4.69) is 53.6 Å². The molecule has 1 aromatic carbocycles. The average molecular weight is 275 g/mol. The maximum atomic E-state index is 3.68. The Morgan fingerprint density at radius 2 is 1.85 bits per heavy atom. The van der Waals surface area contributed by atoms with Crippen LogP contribution >= 0.6 is 0 Å². The van der Waals surface area contributed by atoms with Gasteiger partial charge in [0.2, 0.25) is 0 Å². The fourth-order valence-electron chi connectivity index (χ4n) is 2.86. The number of hydrogen-bond acceptors (Lipinski definition) is 3. The van der Waals surface area contributed by atoms with E-state index in [0.717, 1.165) is 32.1 Å². The number of nitrogens with one attached hydrogen (secondary N) is 2. The van der Waals surface area contributed by atoms with Crippen LogP contribution in [0, 0.1) is 5.92 Å². The quantitative estimate of drug-likeness (QED) is 0.801. The summed E-state index contributed by atoms with van der Waals surface area (Å²) >= 11 is 0. The SMILES string of the molecule is CCN(CC)Cc1ccccc1NCC1CCNCC1. The largest absolute Gasteiger partial charge is 0.385 e. The van der Waals surface area contributed by atoms with Gasteiger partial charge < -0.3 is 10.6 Å². The summed E-state index contributed by atoms with van der Waals surface area (Å²) in [7, 11) is 0. The summed E-state index contributed by atoms with van der Waals surface area (Å²) in [5.41, 5.74) is 2.74. The lowest BCUT2D eigenvalue weighted by Crippen LogP contribution is -2.31. The Bertz CT molecular complexity index is 382. The number of piperidine rings is 1. The van der Waals surface area contributed by atoms with E-state index in [9.17, 15) is 0 Å². The molecule has 0 radical (unpaired) electrons. The Kier molecular flexibility index (Phi) is 6.34. The molecule has 112 valence electrons. The number of anilines is 1. The van der Waals surface area contributed by atoms with E-state index in [-0.39, 0.29) is 0 Å². The van der Waals surface area contributed by atoms with Crippen LogP contribution in [0.1, 0.15) is 32.3 Å². The van der Waals surface area contributed by atoms with Gasteiger partial charge in [0.15, 0.2) is 0 Å². The molecule has 0 amide bonds. The van der Waals surface area contributed by atoms with E-state index >= 15 is 0 Å². The first-order valence-electron chi connectivity index (χ1n) is 8.08. The van der Waals surface area contributed by atoms with Crippen molar-refractivity contribution in [2.45, 2.75) is 33.2 Å². The zero-order valence-corrected chi connectivity index (χ0v) is 13.0. The number of nitrogens with zero attached hydrogens (tertiary/aromatic N) is 1. The normalized spacial score (nSPS) is 16.6. The summed E-state index contributed by atoms with van der Waals surface area (Å²) < 4.78 is 0. The zero-order chi connectivity index (χ0) is 14.2. The van der Waals surface area contributed by atoms with Crippen LogP contribution in [0.2, 0.25) is 0 Å². The van der Waals surface area contributed by atoms with Gasteiger partial charge in [-0.05, 0) is 56.6 Å². The molecule has 0 bridgehead atoms. The molecule has 2 rings (SSSR count). The second-order valence-electron chi connectivity index (χ2n) is 5.69. The Morgan fingerprint density at radius 1 is 1.15 bits per heavy atom. The smallest absolute Gasteiger partial charge is 0.0385 e. The average Bonchev–Trinajstić information content (AvgIpc) is 2.52. The molecular formula is C17H29N3. The van der Waals surface area contributed by atoms with Crippen LogP contribution in [-0.2, 0) is 6.54 Å². The van der Waals surface area contributed by atoms with Crippen molar-refractivity contribution in [3.05, 3.63) is 29.8 Å². The van der Waals surface area contributed by atoms with Crippen LogP contribution in [0.25, 0.3) is 0 Å². The van der Waals surface area contributed by atoms with Crippen molar-refractivity contribution in [2.75, 3.05) is 38.0 Å². The third kappa shape index (κ3) is 4.50. The third-order valence-electron chi connectivity index (χ3n) is 4.35. The first kappa shape index (κ1) is 15.3. The molecule has 1 aliphatic heterocycles. The van der Waals surface area contributed by atoms with Crippen LogP contribution in [0.3, 0.4) is 0 Å². The van der Waals surface area contributed by atoms with Gasteiger partial charge in [-0.25, -0.2) is 0 Å². The van der Waals surface area contributed by atoms with Gasteiger partial charge in [0.25, 0.3) is 0 Å². The molecule has 0 atom stereocenters. The lowest BCUT2D eigenvalue weighted by atomic mass is 9.98. The van der Waals surface area contributed by atoms with Crippen molar-refractivity contribution in [3.8, 4) is 0 Å². The van der Waals surface area contributed by atoms with Crippen LogP contribution in [-0.4, -0.2) is 37.6 Å². The van der Waals surface area contributed by atoms with Gasteiger partial charge in [-0.2, -0.15) is 0 Å². The molecule has 1 saturated heterocycles. The van der Waals surface area contributed by atoms with E-state index in [1.807, 2.05) is 0 Å². The van der Waals surface area contributed by atoms with Gasteiger partial charge in [-0.1, -0.05) is 32.0 Å². The maximum Gasteiger partial charge on any atom is 0.0385 e. The molecule has 0 spiro atoms. The Balaban J connectivity index is 1.92. The van der Waals surface area contributed by atoms with Gasteiger partial charge in [0.05, 0.1) is 0 Å².